The second-order valence-corrected chi connectivity index (χ2v) is 6.39. The first-order valence-electron chi connectivity index (χ1n) is 7.98. The van der Waals surface area contributed by atoms with Crippen LogP contribution in [0.25, 0.3) is 0 Å². The topological polar surface area (TPSA) is 65.0 Å². The van der Waals surface area contributed by atoms with Gasteiger partial charge in [-0.3, -0.25) is 4.90 Å². The van der Waals surface area contributed by atoms with Crippen LogP contribution in [0, 0.1) is 0 Å². The lowest BCUT2D eigenvalue weighted by Crippen LogP contribution is -2.52. The molecule has 8 heteroatoms. The quantitative estimate of drug-likeness (QED) is 0.713. The third-order valence-corrected chi connectivity index (χ3v) is 4.61. The Morgan fingerprint density at radius 1 is 1.17 bits per heavy atom. The van der Waals surface area contributed by atoms with Crippen molar-refractivity contribution in [1.82, 2.24) is 15.1 Å². The number of urea groups is 1. The van der Waals surface area contributed by atoms with Gasteiger partial charge in [0.05, 0.1) is 29.9 Å². The minimum atomic E-state index is -0.0720. The van der Waals surface area contributed by atoms with E-state index in [4.69, 9.17) is 33.0 Å². The molecule has 0 radical (unpaired) electrons. The predicted octanol–water partition coefficient (Wildman–Crippen LogP) is 1.83. The number of benzene rings is 1. The summed E-state index contributed by atoms with van der Waals surface area (Å²) in [5.74, 6) is 0. The van der Waals surface area contributed by atoms with Crippen LogP contribution in [0.15, 0.2) is 18.2 Å². The van der Waals surface area contributed by atoms with Crippen LogP contribution in [0.2, 0.25) is 10.0 Å². The fraction of sp³-hybridized carbons (Fsp3) is 0.562. The monoisotopic (exact) mass is 375 g/mol. The number of amides is 2. The number of halogens is 2. The summed E-state index contributed by atoms with van der Waals surface area (Å²) >= 11 is 11.8. The molecule has 0 spiro atoms. The molecule has 6 nitrogen and oxygen atoms in total. The molecule has 0 aliphatic carbocycles. The lowest BCUT2D eigenvalue weighted by atomic mass is 10.2. The number of piperazine rings is 1. The smallest absolute Gasteiger partial charge is 0.317 e. The van der Waals surface area contributed by atoms with Crippen LogP contribution in [0.3, 0.4) is 0 Å². The number of rotatable bonds is 7. The van der Waals surface area contributed by atoms with Gasteiger partial charge in [0.2, 0.25) is 0 Å². The number of nitrogens with one attached hydrogen (secondary N) is 1. The summed E-state index contributed by atoms with van der Waals surface area (Å²) < 4.78 is 5.26. The highest BCUT2D eigenvalue weighted by Gasteiger charge is 2.20. The Kier molecular flexibility index (Phi) is 8.08. The molecular formula is C16H23Cl2N3O3. The average Bonchev–Trinajstić information content (AvgIpc) is 2.60. The van der Waals surface area contributed by atoms with E-state index in [2.05, 4.69) is 10.2 Å². The molecule has 1 fully saturated rings. The van der Waals surface area contributed by atoms with Gasteiger partial charge < -0.3 is 20.1 Å². The zero-order valence-corrected chi connectivity index (χ0v) is 15.0. The van der Waals surface area contributed by atoms with Gasteiger partial charge >= 0.3 is 6.03 Å². The van der Waals surface area contributed by atoms with Crippen molar-refractivity contribution in [2.45, 2.75) is 6.54 Å². The van der Waals surface area contributed by atoms with Gasteiger partial charge in [-0.2, -0.15) is 0 Å². The van der Waals surface area contributed by atoms with Gasteiger partial charge in [0.15, 0.2) is 0 Å². The zero-order valence-electron chi connectivity index (χ0n) is 13.5. The average molecular weight is 376 g/mol. The fourth-order valence-corrected chi connectivity index (χ4v) is 2.79. The summed E-state index contributed by atoms with van der Waals surface area (Å²) in [7, 11) is 0. The summed E-state index contributed by atoms with van der Waals surface area (Å²) in [6, 6.07) is 5.26. The van der Waals surface area contributed by atoms with Crippen LogP contribution in [0.4, 0.5) is 4.79 Å². The Morgan fingerprint density at radius 3 is 2.58 bits per heavy atom. The summed E-state index contributed by atoms with van der Waals surface area (Å²) in [6.45, 7) is 5.28. The van der Waals surface area contributed by atoms with E-state index in [0.717, 1.165) is 25.2 Å². The Bertz CT molecular complexity index is 537. The summed E-state index contributed by atoms with van der Waals surface area (Å²) in [5, 5.41) is 12.6. The Balaban J connectivity index is 1.68. The number of hydrogen-bond donors (Lipinski definition) is 2. The van der Waals surface area contributed by atoms with Gasteiger partial charge in [0.1, 0.15) is 0 Å². The number of carbonyl (C=O) groups is 1. The Labute approximate surface area is 152 Å². The molecule has 2 amide bonds. The largest absolute Gasteiger partial charge is 0.394 e. The van der Waals surface area contributed by atoms with Gasteiger partial charge in [-0.05, 0) is 17.7 Å². The van der Waals surface area contributed by atoms with Gasteiger partial charge in [-0.25, -0.2) is 4.79 Å². The summed E-state index contributed by atoms with van der Waals surface area (Å²) in [5.41, 5.74) is 0.914. The lowest BCUT2D eigenvalue weighted by molar-refractivity contribution is 0.0618. The second-order valence-electron chi connectivity index (χ2n) is 5.57. The van der Waals surface area contributed by atoms with E-state index in [1.54, 1.807) is 12.1 Å². The van der Waals surface area contributed by atoms with Gasteiger partial charge in [0, 0.05) is 39.3 Å². The molecule has 1 heterocycles. The molecule has 1 aromatic rings. The SMILES string of the molecule is O=C(NCc1ccc(Cl)c(Cl)c1)N1CCN(CCOCCO)CC1. The summed E-state index contributed by atoms with van der Waals surface area (Å²) in [6.07, 6.45) is 0. The highest BCUT2D eigenvalue weighted by Crippen LogP contribution is 2.22. The maximum atomic E-state index is 12.2. The van der Waals surface area contributed by atoms with Crippen LogP contribution in [-0.4, -0.2) is 73.5 Å². The first-order valence-corrected chi connectivity index (χ1v) is 8.73. The van der Waals surface area contributed by atoms with Crippen molar-refractivity contribution in [2.75, 3.05) is 52.5 Å². The number of aliphatic hydroxyl groups is 1. The Hall–Kier alpha value is -1.05. The predicted molar refractivity (Wildman–Crippen MR) is 94.6 cm³/mol. The van der Waals surface area contributed by atoms with Crippen molar-refractivity contribution in [3.8, 4) is 0 Å². The molecule has 1 aromatic carbocycles. The van der Waals surface area contributed by atoms with Crippen LogP contribution in [0.5, 0.6) is 0 Å². The number of hydrogen-bond acceptors (Lipinski definition) is 4. The normalized spacial score (nSPS) is 15.5. The molecule has 0 aromatic heterocycles. The Morgan fingerprint density at radius 2 is 1.92 bits per heavy atom. The van der Waals surface area contributed by atoms with Crippen molar-refractivity contribution in [1.29, 1.82) is 0 Å². The van der Waals surface area contributed by atoms with Crippen molar-refractivity contribution in [2.24, 2.45) is 0 Å². The molecule has 1 aliphatic rings. The zero-order chi connectivity index (χ0) is 17.4. The van der Waals surface area contributed by atoms with Crippen LogP contribution < -0.4 is 5.32 Å². The van der Waals surface area contributed by atoms with E-state index in [9.17, 15) is 4.79 Å². The van der Waals surface area contributed by atoms with E-state index in [1.807, 2.05) is 11.0 Å². The van der Waals surface area contributed by atoms with Crippen molar-refractivity contribution < 1.29 is 14.6 Å². The van der Waals surface area contributed by atoms with Crippen LogP contribution in [-0.2, 0) is 11.3 Å². The first kappa shape index (κ1) is 19.3. The molecule has 0 saturated carbocycles. The lowest BCUT2D eigenvalue weighted by Gasteiger charge is -2.34. The molecular weight excluding hydrogens is 353 g/mol. The minimum absolute atomic E-state index is 0.0484. The molecule has 1 aliphatic heterocycles. The first-order chi connectivity index (χ1) is 11.6. The summed E-state index contributed by atoms with van der Waals surface area (Å²) in [4.78, 5) is 16.3. The molecule has 134 valence electrons. The highest BCUT2D eigenvalue weighted by molar-refractivity contribution is 6.42. The molecule has 2 rings (SSSR count). The van der Waals surface area contributed by atoms with E-state index >= 15 is 0 Å². The number of carbonyl (C=O) groups excluding carboxylic acids is 1. The molecule has 0 atom stereocenters. The standard InChI is InChI=1S/C16H23Cl2N3O3/c17-14-2-1-13(11-15(14)18)12-19-16(23)21-5-3-20(4-6-21)7-9-24-10-8-22/h1-2,11,22H,3-10,12H2,(H,19,23). The van der Waals surface area contributed by atoms with Gasteiger partial charge in [0.25, 0.3) is 0 Å². The maximum absolute atomic E-state index is 12.2. The number of ether oxygens (including phenoxy) is 1. The number of aliphatic hydroxyl groups excluding tert-OH is 1. The van der Waals surface area contributed by atoms with Crippen molar-refractivity contribution >= 4 is 29.2 Å². The van der Waals surface area contributed by atoms with E-state index in [-0.39, 0.29) is 12.6 Å². The van der Waals surface area contributed by atoms with Crippen molar-refractivity contribution in [3.05, 3.63) is 33.8 Å². The third kappa shape index (κ3) is 6.11. The van der Waals surface area contributed by atoms with Gasteiger partial charge in [-0.15, -0.1) is 0 Å². The fourth-order valence-electron chi connectivity index (χ4n) is 2.47. The van der Waals surface area contributed by atoms with E-state index in [1.165, 1.54) is 0 Å². The van der Waals surface area contributed by atoms with E-state index in [0.29, 0.717) is 42.9 Å². The van der Waals surface area contributed by atoms with Crippen molar-refractivity contribution in [3.63, 3.8) is 0 Å². The van der Waals surface area contributed by atoms with Crippen LogP contribution >= 0.6 is 23.2 Å². The van der Waals surface area contributed by atoms with Gasteiger partial charge in [-0.1, -0.05) is 29.3 Å². The second kappa shape index (κ2) is 10.1. The maximum Gasteiger partial charge on any atom is 0.317 e. The molecule has 2 N–H and O–H groups in total. The minimum Gasteiger partial charge on any atom is -0.394 e. The highest BCUT2D eigenvalue weighted by atomic mass is 35.5. The molecule has 1 saturated heterocycles. The molecule has 0 unspecified atom stereocenters. The third-order valence-electron chi connectivity index (χ3n) is 3.87. The number of nitrogens with zero attached hydrogens (tertiary/aromatic N) is 2. The molecule has 0 bridgehead atoms. The van der Waals surface area contributed by atoms with E-state index < -0.39 is 0 Å². The van der Waals surface area contributed by atoms with Crippen LogP contribution in [0.1, 0.15) is 5.56 Å². The molecule has 24 heavy (non-hydrogen) atoms.